The van der Waals surface area contributed by atoms with Gasteiger partial charge in [0.05, 0.1) is 17.4 Å². The van der Waals surface area contributed by atoms with Crippen LogP contribution in [0.2, 0.25) is 0 Å². The van der Waals surface area contributed by atoms with Gasteiger partial charge in [-0.2, -0.15) is 0 Å². The molecule has 35 heavy (non-hydrogen) atoms. The number of amides is 2. The standard InChI is InChI=1S/C25H29N5O4S/c1-5-30-22(21(15(2)3)27-23(32)18-8-6-7-16(4)13-18)28-29-25(30)35-14-20(31)26-19-11-9-17(10-12-19)24(33)34/h6-13,15,21H,5,14H2,1-4H3,(H,26,31)(H,27,32)(H,33,34). The fourth-order valence-corrected chi connectivity index (χ4v) is 4.31. The molecule has 9 nitrogen and oxygen atoms in total. The van der Waals surface area contributed by atoms with Crippen molar-refractivity contribution in [2.24, 2.45) is 5.92 Å². The average Bonchev–Trinajstić information content (AvgIpc) is 3.23. The summed E-state index contributed by atoms with van der Waals surface area (Å²) in [7, 11) is 0. The molecular formula is C25H29N5O4S. The van der Waals surface area contributed by atoms with E-state index in [0.717, 1.165) is 5.56 Å². The Kier molecular flexibility index (Phi) is 8.64. The summed E-state index contributed by atoms with van der Waals surface area (Å²) >= 11 is 1.24. The molecule has 0 aliphatic carbocycles. The Bertz CT molecular complexity index is 1210. The second-order valence-electron chi connectivity index (χ2n) is 8.37. The molecular weight excluding hydrogens is 466 g/mol. The molecule has 184 valence electrons. The second-order valence-corrected chi connectivity index (χ2v) is 9.31. The maximum atomic E-state index is 12.9. The van der Waals surface area contributed by atoms with Crippen molar-refractivity contribution in [2.45, 2.75) is 45.4 Å². The van der Waals surface area contributed by atoms with Crippen LogP contribution in [0.1, 0.15) is 58.9 Å². The fraction of sp³-hybridized carbons (Fsp3) is 0.320. The summed E-state index contributed by atoms with van der Waals surface area (Å²) in [5.74, 6) is -0.661. The molecule has 1 aromatic heterocycles. The van der Waals surface area contributed by atoms with E-state index in [-0.39, 0.29) is 35.1 Å². The van der Waals surface area contributed by atoms with Gasteiger partial charge in [0.2, 0.25) is 5.91 Å². The largest absolute Gasteiger partial charge is 0.478 e. The summed E-state index contributed by atoms with van der Waals surface area (Å²) in [5, 5.41) is 24.0. The molecule has 0 aliphatic heterocycles. The molecule has 0 spiro atoms. The predicted octanol–water partition coefficient (Wildman–Crippen LogP) is 4.16. The molecule has 10 heteroatoms. The number of thioether (sulfide) groups is 1. The molecule has 0 aliphatic rings. The van der Waals surface area contributed by atoms with Crippen LogP contribution in [-0.4, -0.2) is 43.4 Å². The van der Waals surface area contributed by atoms with E-state index in [1.165, 1.54) is 23.9 Å². The molecule has 3 N–H and O–H groups in total. The minimum atomic E-state index is -1.03. The van der Waals surface area contributed by atoms with Crippen molar-refractivity contribution in [3.63, 3.8) is 0 Å². The lowest BCUT2D eigenvalue weighted by Crippen LogP contribution is -2.33. The van der Waals surface area contributed by atoms with E-state index in [4.69, 9.17) is 5.11 Å². The maximum Gasteiger partial charge on any atom is 0.335 e. The van der Waals surface area contributed by atoms with Crippen molar-refractivity contribution in [2.75, 3.05) is 11.1 Å². The van der Waals surface area contributed by atoms with E-state index in [1.807, 2.05) is 50.5 Å². The Morgan fingerprint density at radius 2 is 1.77 bits per heavy atom. The van der Waals surface area contributed by atoms with Crippen molar-refractivity contribution in [3.05, 3.63) is 71.0 Å². The Hall–Kier alpha value is -3.66. The molecule has 0 fully saturated rings. The van der Waals surface area contributed by atoms with E-state index < -0.39 is 5.97 Å². The van der Waals surface area contributed by atoms with Crippen LogP contribution in [-0.2, 0) is 11.3 Å². The Morgan fingerprint density at radius 1 is 1.06 bits per heavy atom. The molecule has 3 rings (SSSR count). The van der Waals surface area contributed by atoms with Crippen molar-refractivity contribution in [1.82, 2.24) is 20.1 Å². The molecule has 0 saturated carbocycles. The second kappa shape index (κ2) is 11.7. The van der Waals surface area contributed by atoms with E-state index in [2.05, 4.69) is 20.8 Å². The molecule has 1 atom stereocenters. The maximum absolute atomic E-state index is 12.9. The number of hydrogen-bond donors (Lipinski definition) is 3. The minimum absolute atomic E-state index is 0.0631. The summed E-state index contributed by atoms with van der Waals surface area (Å²) in [6, 6.07) is 13.0. The van der Waals surface area contributed by atoms with E-state index >= 15 is 0 Å². The topological polar surface area (TPSA) is 126 Å². The van der Waals surface area contributed by atoms with Crippen LogP contribution >= 0.6 is 11.8 Å². The fourth-order valence-electron chi connectivity index (χ4n) is 3.50. The number of carbonyl (C=O) groups is 3. The number of nitrogens with one attached hydrogen (secondary N) is 2. The summed E-state index contributed by atoms with van der Waals surface area (Å²) in [5.41, 5.74) is 2.25. The highest BCUT2D eigenvalue weighted by atomic mass is 32.2. The molecule has 1 unspecified atom stereocenters. The van der Waals surface area contributed by atoms with Gasteiger partial charge in [0.15, 0.2) is 11.0 Å². The van der Waals surface area contributed by atoms with Gasteiger partial charge in [0.25, 0.3) is 5.91 Å². The van der Waals surface area contributed by atoms with Gasteiger partial charge in [0.1, 0.15) is 0 Å². The van der Waals surface area contributed by atoms with Crippen molar-refractivity contribution < 1.29 is 19.5 Å². The monoisotopic (exact) mass is 495 g/mol. The van der Waals surface area contributed by atoms with Crippen LogP contribution in [0.3, 0.4) is 0 Å². The lowest BCUT2D eigenvalue weighted by Gasteiger charge is -2.22. The molecule has 2 amide bonds. The smallest absolute Gasteiger partial charge is 0.335 e. The van der Waals surface area contributed by atoms with E-state index in [1.54, 1.807) is 18.2 Å². The molecule has 3 aromatic rings. The third kappa shape index (κ3) is 6.69. The molecule has 2 aromatic carbocycles. The third-order valence-corrected chi connectivity index (χ3v) is 6.29. The highest BCUT2D eigenvalue weighted by molar-refractivity contribution is 7.99. The Labute approximate surface area is 208 Å². The van der Waals surface area contributed by atoms with Gasteiger partial charge < -0.3 is 20.3 Å². The average molecular weight is 496 g/mol. The van der Waals surface area contributed by atoms with Crippen molar-refractivity contribution >= 4 is 35.2 Å². The van der Waals surface area contributed by atoms with Gasteiger partial charge in [0, 0.05) is 17.8 Å². The number of aromatic carboxylic acids is 1. The number of anilines is 1. The number of carboxylic acid groups (broad SMARTS) is 1. The van der Waals surface area contributed by atoms with Gasteiger partial charge in [-0.05, 0) is 56.2 Å². The summed E-state index contributed by atoms with van der Waals surface area (Å²) in [6.07, 6.45) is 0. The minimum Gasteiger partial charge on any atom is -0.478 e. The highest BCUT2D eigenvalue weighted by Crippen LogP contribution is 2.26. The summed E-state index contributed by atoms with van der Waals surface area (Å²) < 4.78 is 1.90. The number of nitrogens with zero attached hydrogens (tertiary/aromatic N) is 3. The first-order valence-electron chi connectivity index (χ1n) is 11.3. The van der Waals surface area contributed by atoms with Crippen molar-refractivity contribution in [3.8, 4) is 0 Å². The lowest BCUT2D eigenvalue weighted by atomic mass is 10.0. The van der Waals surface area contributed by atoms with Crippen LogP contribution in [0.5, 0.6) is 0 Å². The van der Waals surface area contributed by atoms with E-state index in [9.17, 15) is 14.4 Å². The number of carbonyl (C=O) groups excluding carboxylic acids is 2. The first kappa shape index (κ1) is 26.0. The van der Waals surface area contributed by atoms with Crippen LogP contribution in [0, 0.1) is 12.8 Å². The van der Waals surface area contributed by atoms with Crippen LogP contribution in [0.15, 0.2) is 53.7 Å². The molecule has 0 saturated heterocycles. The summed E-state index contributed by atoms with van der Waals surface area (Å²) in [6.45, 7) is 8.49. The van der Waals surface area contributed by atoms with Gasteiger partial charge in [-0.1, -0.05) is 43.3 Å². The first-order valence-corrected chi connectivity index (χ1v) is 12.2. The number of aromatic nitrogens is 3. The molecule has 1 heterocycles. The number of carboxylic acids is 1. The van der Waals surface area contributed by atoms with E-state index in [0.29, 0.717) is 28.8 Å². The highest BCUT2D eigenvalue weighted by Gasteiger charge is 2.26. The SMILES string of the molecule is CCn1c(SCC(=O)Nc2ccc(C(=O)O)cc2)nnc1C(NC(=O)c1cccc(C)c1)C(C)C. The van der Waals surface area contributed by atoms with Crippen LogP contribution < -0.4 is 10.6 Å². The number of aryl methyl sites for hydroxylation is 1. The molecule has 0 bridgehead atoms. The van der Waals surface area contributed by atoms with Gasteiger partial charge in [-0.25, -0.2) is 4.79 Å². The number of rotatable bonds is 10. The van der Waals surface area contributed by atoms with Gasteiger partial charge >= 0.3 is 5.97 Å². The van der Waals surface area contributed by atoms with Crippen LogP contribution in [0.4, 0.5) is 5.69 Å². The van der Waals surface area contributed by atoms with Gasteiger partial charge in [-0.15, -0.1) is 10.2 Å². The van der Waals surface area contributed by atoms with Crippen LogP contribution in [0.25, 0.3) is 0 Å². The van der Waals surface area contributed by atoms with Gasteiger partial charge in [-0.3, -0.25) is 9.59 Å². The third-order valence-electron chi connectivity index (χ3n) is 5.32. The Balaban J connectivity index is 1.68. The zero-order chi connectivity index (χ0) is 25.5. The number of benzene rings is 2. The predicted molar refractivity (Wildman–Crippen MR) is 135 cm³/mol. The Morgan fingerprint density at radius 3 is 2.37 bits per heavy atom. The normalized spacial score (nSPS) is 11.8. The molecule has 0 radical (unpaired) electrons. The first-order chi connectivity index (χ1) is 16.7. The van der Waals surface area contributed by atoms with Crippen molar-refractivity contribution in [1.29, 1.82) is 0 Å². The zero-order valence-corrected chi connectivity index (χ0v) is 20.9. The quantitative estimate of drug-likeness (QED) is 0.361. The number of hydrogen-bond acceptors (Lipinski definition) is 6. The lowest BCUT2D eigenvalue weighted by molar-refractivity contribution is -0.113. The summed E-state index contributed by atoms with van der Waals surface area (Å²) in [4.78, 5) is 36.3. The zero-order valence-electron chi connectivity index (χ0n) is 20.1.